The van der Waals surface area contributed by atoms with Gasteiger partial charge in [-0.15, -0.1) is 0 Å². The third-order valence-electron chi connectivity index (χ3n) is 5.73. The quantitative estimate of drug-likeness (QED) is 0.413. The van der Waals surface area contributed by atoms with Crippen molar-refractivity contribution in [3.05, 3.63) is 53.7 Å². The molecule has 2 unspecified atom stereocenters. The van der Waals surface area contributed by atoms with Crippen LogP contribution in [-0.2, 0) is 9.53 Å². The fourth-order valence-corrected chi connectivity index (χ4v) is 3.65. The Bertz CT molecular complexity index is 1240. The van der Waals surface area contributed by atoms with Gasteiger partial charge in [-0.05, 0) is 51.0 Å². The Morgan fingerprint density at radius 1 is 1.11 bits per heavy atom. The number of imidazole rings is 1. The van der Waals surface area contributed by atoms with Crippen LogP contribution in [-0.4, -0.2) is 51.0 Å². The van der Waals surface area contributed by atoms with Crippen LogP contribution in [0, 0.1) is 5.92 Å². The van der Waals surface area contributed by atoms with Gasteiger partial charge in [0, 0.05) is 22.9 Å². The van der Waals surface area contributed by atoms with Crippen molar-refractivity contribution in [1.29, 1.82) is 0 Å². The summed E-state index contributed by atoms with van der Waals surface area (Å²) in [6.45, 7) is 9.75. The maximum Gasteiger partial charge on any atom is 0.337 e. The lowest BCUT2D eigenvalue weighted by atomic mass is 9.99. The Kier molecular flexibility index (Phi) is 7.48. The van der Waals surface area contributed by atoms with Gasteiger partial charge in [-0.1, -0.05) is 32.4 Å². The molecule has 0 aliphatic carbocycles. The molecule has 2 heterocycles. The number of pyridine rings is 1. The molecule has 0 saturated heterocycles. The molecule has 0 fully saturated rings. The zero-order valence-electron chi connectivity index (χ0n) is 20.9. The first kappa shape index (κ1) is 25.7. The van der Waals surface area contributed by atoms with Crippen LogP contribution in [0.25, 0.3) is 16.9 Å². The summed E-state index contributed by atoms with van der Waals surface area (Å²) in [6, 6.07) is 9.21. The van der Waals surface area contributed by atoms with E-state index >= 15 is 0 Å². The lowest BCUT2D eigenvalue weighted by Gasteiger charge is -2.23. The van der Waals surface area contributed by atoms with Gasteiger partial charge >= 0.3 is 11.9 Å². The van der Waals surface area contributed by atoms with Crippen molar-refractivity contribution in [2.45, 2.75) is 52.6 Å². The van der Waals surface area contributed by atoms with Crippen LogP contribution in [0.3, 0.4) is 0 Å². The zero-order valence-corrected chi connectivity index (χ0v) is 20.9. The fraction of sp³-hybridized carbons (Fsp3) is 0.385. The number of carbonyl (C=O) groups excluding carboxylic acids is 2. The highest BCUT2D eigenvalue weighted by atomic mass is 16.5. The van der Waals surface area contributed by atoms with E-state index in [4.69, 9.17) is 9.72 Å². The number of rotatable bonds is 8. The van der Waals surface area contributed by atoms with Crippen molar-refractivity contribution in [2.75, 3.05) is 12.4 Å². The molecule has 9 heteroatoms. The predicted octanol–water partition coefficient (Wildman–Crippen LogP) is 4.23. The van der Waals surface area contributed by atoms with Crippen molar-refractivity contribution >= 4 is 29.3 Å². The average Bonchev–Trinajstić information content (AvgIpc) is 3.17. The molecule has 1 amide bonds. The number of esters is 1. The zero-order chi connectivity index (χ0) is 25.9. The van der Waals surface area contributed by atoms with Gasteiger partial charge in [0.15, 0.2) is 0 Å². The minimum atomic E-state index is -1.07. The van der Waals surface area contributed by atoms with Gasteiger partial charge in [-0.3, -0.25) is 9.20 Å². The molecule has 9 nitrogen and oxygen atoms in total. The number of carbonyl (C=O) groups is 3. The molecule has 2 aromatic heterocycles. The molecule has 3 N–H and O–H groups in total. The maximum absolute atomic E-state index is 12.9. The third kappa shape index (κ3) is 5.79. The highest BCUT2D eigenvalue weighted by Gasteiger charge is 2.26. The van der Waals surface area contributed by atoms with E-state index in [1.54, 1.807) is 49.5 Å². The summed E-state index contributed by atoms with van der Waals surface area (Å²) in [4.78, 5) is 41.1. The van der Waals surface area contributed by atoms with Crippen molar-refractivity contribution < 1.29 is 24.2 Å². The molecule has 0 spiro atoms. The van der Waals surface area contributed by atoms with Gasteiger partial charge < -0.3 is 20.5 Å². The number of hydrogen-bond donors (Lipinski definition) is 3. The summed E-state index contributed by atoms with van der Waals surface area (Å²) in [5, 5.41) is 15.6. The van der Waals surface area contributed by atoms with Crippen molar-refractivity contribution in [2.24, 2.45) is 5.92 Å². The third-order valence-corrected chi connectivity index (χ3v) is 5.73. The van der Waals surface area contributed by atoms with E-state index < -0.39 is 23.9 Å². The molecular formula is C26H32N4O5. The summed E-state index contributed by atoms with van der Waals surface area (Å²) in [6.07, 6.45) is 2.35. The van der Waals surface area contributed by atoms with Crippen LogP contribution in [0.5, 0.6) is 0 Å². The van der Waals surface area contributed by atoms with Crippen LogP contribution < -0.4 is 10.6 Å². The van der Waals surface area contributed by atoms with Gasteiger partial charge in [-0.2, -0.15) is 0 Å². The first-order valence-electron chi connectivity index (χ1n) is 11.5. The number of amides is 1. The molecule has 0 bridgehead atoms. The standard InChI is InChI=1S/C26H32N4O5/c1-7-15(2)20(24(32)33)28-23(31)18-12-13-30-19(14-18)27-21(22(30)29-26(3,4)5)16-8-10-17(11-9-16)25(34)35-6/h8-15,20,29H,7H2,1-6H3,(H,28,31)(H,32,33). The molecule has 3 aromatic rings. The van der Waals surface area contributed by atoms with Crippen molar-refractivity contribution in [3.8, 4) is 11.3 Å². The number of carboxylic acids is 1. The van der Waals surface area contributed by atoms with Gasteiger partial charge in [0.25, 0.3) is 5.91 Å². The van der Waals surface area contributed by atoms with Crippen molar-refractivity contribution in [1.82, 2.24) is 14.7 Å². The number of anilines is 1. The van der Waals surface area contributed by atoms with E-state index in [1.807, 2.05) is 32.1 Å². The number of benzene rings is 1. The van der Waals surface area contributed by atoms with Crippen LogP contribution in [0.15, 0.2) is 42.6 Å². The molecular weight excluding hydrogens is 448 g/mol. The van der Waals surface area contributed by atoms with Gasteiger partial charge in [0.1, 0.15) is 23.2 Å². The Morgan fingerprint density at radius 3 is 2.31 bits per heavy atom. The van der Waals surface area contributed by atoms with Gasteiger partial charge in [0.05, 0.1) is 12.7 Å². The largest absolute Gasteiger partial charge is 0.480 e. The predicted molar refractivity (Wildman–Crippen MR) is 134 cm³/mol. The smallest absolute Gasteiger partial charge is 0.337 e. The molecule has 1 aromatic carbocycles. The maximum atomic E-state index is 12.9. The Morgan fingerprint density at radius 2 is 1.77 bits per heavy atom. The average molecular weight is 481 g/mol. The Hall–Kier alpha value is -3.88. The van der Waals surface area contributed by atoms with Crippen molar-refractivity contribution in [3.63, 3.8) is 0 Å². The second-order valence-electron chi connectivity index (χ2n) is 9.57. The monoisotopic (exact) mass is 480 g/mol. The molecule has 186 valence electrons. The molecule has 0 saturated carbocycles. The molecule has 0 radical (unpaired) electrons. The lowest BCUT2D eigenvalue weighted by Crippen LogP contribution is -2.45. The number of ether oxygens (including phenoxy) is 1. The molecule has 35 heavy (non-hydrogen) atoms. The summed E-state index contributed by atoms with van der Waals surface area (Å²) in [5.41, 5.74) is 2.41. The number of fused-ring (bicyclic) bond motifs is 1. The van der Waals surface area contributed by atoms with Crippen LogP contribution in [0.1, 0.15) is 61.8 Å². The van der Waals surface area contributed by atoms with E-state index in [-0.39, 0.29) is 11.5 Å². The van der Waals surface area contributed by atoms with E-state index in [2.05, 4.69) is 10.6 Å². The second kappa shape index (κ2) is 10.2. The second-order valence-corrected chi connectivity index (χ2v) is 9.57. The summed E-state index contributed by atoms with van der Waals surface area (Å²) >= 11 is 0. The minimum absolute atomic E-state index is 0.214. The normalized spacial score (nSPS) is 13.2. The number of nitrogens with one attached hydrogen (secondary N) is 2. The van der Waals surface area contributed by atoms with E-state index in [0.29, 0.717) is 28.9 Å². The topological polar surface area (TPSA) is 122 Å². The van der Waals surface area contributed by atoms with E-state index in [9.17, 15) is 19.5 Å². The number of methoxy groups -OCH3 is 1. The highest BCUT2D eigenvalue weighted by molar-refractivity contribution is 5.97. The van der Waals surface area contributed by atoms with Gasteiger partial charge in [0.2, 0.25) is 0 Å². The van der Waals surface area contributed by atoms with Crippen LogP contribution >= 0.6 is 0 Å². The highest BCUT2D eigenvalue weighted by Crippen LogP contribution is 2.31. The molecule has 2 atom stereocenters. The first-order chi connectivity index (χ1) is 16.4. The number of carboxylic acid groups (broad SMARTS) is 1. The molecule has 0 aliphatic heterocycles. The number of hydrogen-bond acceptors (Lipinski definition) is 6. The SMILES string of the molecule is CCC(C)C(NC(=O)c1ccn2c(NC(C)(C)C)c(-c3ccc(C(=O)OC)cc3)nc2c1)C(=O)O. The Balaban J connectivity index is 2.04. The number of aromatic nitrogens is 2. The summed E-state index contributed by atoms with van der Waals surface area (Å²) < 4.78 is 6.62. The number of aliphatic carboxylic acids is 1. The minimum Gasteiger partial charge on any atom is -0.480 e. The molecule has 3 rings (SSSR count). The number of nitrogens with zero attached hydrogens (tertiary/aromatic N) is 2. The van der Waals surface area contributed by atoms with E-state index in [1.165, 1.54) is 7.11 Å². The van der Waals surface area contributed by atoms with Crippen LogP contribution in [0.2, 0.25) is 0 Å². The van der Waals surface area contributed by atoms with Gasteiger partial charge in [-0.25, -0.2) is 14.6 Å². The lowest BCUT2D eigenvalue weighted by molar-refractivity contribution is -0.140. The van der Waals surface area contributed by atoms with Crippen LogP contribution in [0.4, 0.5) is 5.82 Å². The fourth-order valence-electron chi connectivity index (χ4n) is 3.65. The molecule has 0 aliphatic rings. The van der Waals surface area contributed by atoms with E-state index in [0.717, 1.165) is 11.4 Å². The first-order valence-corrected chi connectivity index (χ1v) is 11.5. The Labute approximate surface area is 204 Å². The summed E-state index contributed by atoms with van der Waals surface area (Å²) in [7, 11) is 1.33. The summed E-state index contributed by atoms with van der Waals surface area (Å²) in [5.74, 6) is -1.45.